The lowest BCUT2D eigenvalue weighted by molar-refractivity contribution is 0.173. The summed E-state index contributed by atoms with van der Waals surface area (Å²) in [5.41, 5.74) is 0. The van der Waals surface area contributed by atoms with Crippen LogP contribution in [0.1, 0.15) is 24.6 Å². The summed E-state index contributed by atoms with van der Waals surface area (Å²) in [6.45, 7) is 4.33. The van der Waals surface area contributed by atoms with Crippen molar-refractivity contribution >= 4 is 29.9 Å². The van der Waals surface area contributed by atoms with Gasteiger partial charge < -0.3 is 29.3 Å². The molecule has 1 unspecified atom stereocenters. The van der Waals surface area contributed by atoms with Crippen LogP contribution in [0.5, 0.6) is 17.2 Å². The minimum absolute atomic E-state index is 0. The number of rotatable bonds is 8. The van der Waals surface area contributed by atoms with Crippen molar-refractivity contribution in [1.82, 2.24) is 15.5 Å². The van der Waals surface area contributed by atoms with E-state index in [0.717, 1.165) is 48.6 Å². The first-order valence-electron chi connectivity index (χ1n) is 10.1. The summed E-state index contributed by atoms with van der Waals surface area (Å²) in [6.07, 6.45) is 4.21. The van der Waals surface area contributed by atoms with Crippen LogP contribution < -0.4 is 24.8 Å². The highest BCUT2D eigenvalue weighted by atomic mass is 127. The lowest BCUT2D eigenvalue weighted by atomic mass is 10.2. The van der Waals surface area contributed by atoms with Crippen LogP contribution in [0.15, 0.2) is 46.0 Å². The van der Waals surface area contributed by atoms with E-state index in [-0.39, 0.29) is 36.8 Å². The first-order chi connectivity index (χ1) is 14.3. The maximum atomic E-state index is 5.79. The van der Waals surface area contributed by atoms with Crippen LogP contribution in [0, 0.1) is 0 Å². The molecule has 1 aromatic carbocycles. The fraction of sp³-hybridized carbons (Fsp3) is 0.476. The molecule has 0 saturated carbocycles. The zero-order valence-corrected chi connectivity index (χ0v) is 19.5. The number of nitrogens with one attached hydrogen (secondary N) is 2. The van der Waals surface area contributed by atoms with Crippen LogP contribution in [0.25, 0.3) is 0 Å². The first kappa shape index (κ1) is 22.5. The molecule has 9 heteroatoms. The number of furan rings is 1. The van der Waals surface area contributed by atoms with Crippen molar-refractivity contribution in [2.45, 2.75) is 18.9 Å². The molecule has 3 heterocycles. The van der Waals surface area contributed by atoms with Crippen LogP contribution >= 0.6 is 24.0 Å². The van der Waals surface area contributed by atoms with E-state index in [1.165, 1.54) is 12.8 Å². The summed E-state index contributed by atoms with van der Waals surface area (Å²) in [7, 11) is 1.77. The molecule has 0 bridgehead atoms. The van der Waals surface area contributed by atoms with Gasteiger partial charge in [0, 0.05) is 19.7 Å². The summed E-state index contributed by atoms with van der Waals surface area (Å²) < 4.78 is 22.1. The molecular weight excluding hydrogens is 499 g/mol. The SMILES string of the molecule is CN=C(NCCOc1ccc2c(c1)OCO2)NCC(c1ccco1)N1CCCC1.I. The van der Waals surface area contributed by atoms with E-state index in [2.05, 4.69) is 20.5 Å². The summed E-state index contributed by atoms with van der Waals surface area (Å²) in [6, 6.07) is 9.78. The molecule has 2 aliphatic rings. The van der Waals surface area contributed by atoms with Crippen molar-refractivity contribution in [3.63, 3.8) is 0 Å². The van der Waals surface area contributed by atoms with Crippen molar-refractivity contribution in [3.8, 4) is 17.2 Å². The Kier molecular flexibility index (Phi) is 8.50. The van der Waals surface area contributed by atoms with Crippen molar-refractivity contribution in [2.24, 2.45) is 4.99 Å². The molecule has 2 aliphatic heterocycles. The molecule has 2 aromatic rings. The minimum Gasteiger partial charge on any atom is -0.492 e. The van der Waals surface area contributed by atoms with Crippen molar-refractivity contribution in [2.75, 3.05) is 46.6 Å². The van der Waals surface area contributed by atoms with E-state index < -0.39 is 0 Å². The zero-order chi connectivity index (χ0) is 19.9. The monoisotopic (exact) mass is 528 g/mol. The smallest absolute Gasteiger partial charge is 0.231 e. The highest BCUT2D eigenvalue weighted by Crippen LogP contribution is 2.35. The molecule has 1 saturated heterocycles. The van der Waals surface area contributed by atoms with Gasteiger partial charge in [0.2, 0.25) is 6.79 Å². The van der Waals surface area contributed by atoms with Crippen LogP contribution in [0.2, 0.25) is 0 Å². The topological polar surface area (TPSA) is 80.5 Å². The average Bonchev–Trinajstić information content (AvgIpc) is 3.52. The van der Waals surface area contributed by atoms with E-state index in [1.807, 2.05) is 30.3 Å². The number of fused-ring (bicyclic) bond motifs is 1. The lowest BCUT2D eigenvalue weighted by Crippen LogP contribution is -2.43. The van der Waals surface area contributed by atoms with Crippen LogP contribution in [-0.4, -0.2) is 57.5 Å². The molecule has 1 atom stereocenters. The van der Waals surface area contributed by atoms with Gasteiger partial charge in [-0.1, -0.05) is 0 Å². The molecule has 2 N–H and O–H groups in total. The number of ether oxygens (including phenoxy) is 3. The molecule has 1 fully saturated rings. The number of aliphatic imine (C=N–C) groups is 1. The Labute approximate surface area is 194 Å². The molecule has 1 aromatic heterocycles. The Hall–Kier alpha value is -2.14. The summed E-state index contributed by atoms with van der Waals surface area (Å²) >= 11 is 0. The van der Waals surface area contributed by atoms with Crippen molar-refractivity contribution in [3.05, 3.63) is 42.4 Å². The second kappa shape index (κ2) is 11.3. The highest BCUT2D eigenvalue weighted by Gasteiger charge is 2.25. The largest absolute Gasteiger partial charge is 0.492 e. The fourth-order valence-corrected chi connectivity index (χ4v) is 3.66. The summed E-state index contributed by atoms with van der Waals surface area (Å²) in [5.74, 6) is 3.96. The van der Waals surface area contributed by atoms with Crippen LogP contribution in [0.3, 0.4) is 0 Å². The maximum absolute atomic E-state index is 5.79. The second-order valence-electron chi connectivity index (χ2n) is 7.02. The molecule has 164 valence electrons. The Balaban J connectivity index is 0.00000256. The predicted octanol–water partition coefficient (Wildman–Crippen LogP) is 3.01. The fourth-order valence-electron chi connectivity index (χ4n) is 3.66. The predicted molar refractivity (Wildman–Crippen MR) is 125 cm³/mol. The molecule has 30 heavy (non-hydrogen) atoms. The van der Waals surface area contributed by atoms with Gasteiger partial charge in [0.05, 0.1) is 18.8 Å². The average molecular weight is 528 g/mol. The van der Waals surface area contributed by atoms with Gasteiger partial charge in [-0.2, -0.15) is 0 Å². The molecular formula is C21H29IN4O4. The first-order valence-corrected chi connectivity index (χ1v) is 10.1. The third kappa shape index (κ3) is 5.72. The van der Waals surface area contributed by atoms with Gasteiger partial charge >= 0.3 is 0 Å². The molecule has 0 amide bonds. The van der Waals surface area contributed by atoms with E-state index in [0.29, 0.717) is 13.2 Å². The third-order valence-corrected chi connectivity index (χ3v) is 5.15. The van der Waals surface area contributed by atoms with Gasteiger partial charge in [-0.25, -0.2) is 0 Å². The standard InChI is InChI=1S/C21H28N4O4.HI/c1-22-21(23-8-12-26-16-6-7-19-20(13-16)29-15-28-19)24-14-17(18-5-4-11-27-18)25-9-2-3-10-25;/h4-7,11,13,17H,2-3,8-10,12,14-15H2,1H3,(H2,22,23,24);1H. The molecule has 0 radical (unpaired) electrons. The minimum atomic E-state index is 0. The Morgan fingerprint density at radius 1 is 1.17 bits per heavy atom. The lowest BCUT2D eigenvalue weighted by Gasteiger charge is -2.26. The second-order valence-corrected chi connectivity index (χ2v) is 7.02. The summed E-state index contributed by atoms with van der Waals surface area (Å²) in [4.78, 5) is 6.77. The van der Waals surface area contributed by atoms with Gasteiger partial charge in [-0.3, -0.25) is 9.89 Å². The number of hydrogen-bond donors (Lipinski definition) is 2. The van der Waals surface area contributed by atoms with Crippen LogP contribution in [-0.2, 0) is 0 Å². The highest BCUT2D eigenvalue weighted by molar-refractivity contribution is 14.0. The zero-order valence-electron chi connectivity index (χ0n) is 17.1. The molecule has 0 spiro atoms. The number of likely N-dealkylation sites (tertiary alicyclic amines) is 1. The Morgan fingerprint density at radius 3 is 2.77 bits per heavy atom. The van der Waals surface area contributed by atoms with E-state index in [1.54, 1.807) is 13.3 Å². The Morgan fingerprint density at radius 2 is 2.00 bits per heavy atom. The number of benzene rings is 1. The number of nitrogens with zero attached hydrogens (tertiary/aromatic N) is 2. The van der Waals surface area contributed by atoms with Crippen molar-refractivity contribution < 1.29 is 18.6 Å². The van der Waals surface area contributed by atoms with Crippen molar-refractivity contribution in [1.29, 1.82) is 0 Å². The van der Waals surface area contributed by atoms with Gasteiger partial charge in [0.25, 0.3) is 0 Å². The number of hydrogen-bond acceptors (Lipinski definition) is 6. The summed E-state index contributed by atoms with van der Waals surface area (Å²) in [5, 5.41) is 6.70. The Bertz CT molecular complexity index is 809. The van der Waals surface area contributed by atoms with E-state index in [9.17, 15) is 0 Å². The van der Waals surface area contributed by atoms with Gasteiger partial charge in [0.1, 0.15) is 18.1 Å². The van der Waals surface area contributed by atoms with Gasteiger partial charge in [-0.15, -0.1) is 24.0 Å². The third-order valence-electron chi connectivity index (χ3n) is 5.15. The van der Waals surface area contributed by atoms with Gasteiger partial charge in [0.15, 0.2) is 17.5 Å². The normalized spacial score (nSPS) is 16.8. The van der Waals surface area contributed by atoms with Crippen LogP contribution in [0.4, 0.5) is 0 Å². The molecule has 8 nitrogen and oxygen atoms in total. The number of guanidine groups is 1. The quantitative estimate of drug-likeness (QED) is 0.236. The van der Waals surface area contributed by atoms with Gasteiger partial charge in [-0.05, 0) is 50.2 Å². The maximum Gasteiger partial charge on any atom is 0.231 e. The number of halogens is 1. The molecule has 0 aliphatic carbocycles. The van der Waals surface area contributed by atoms with E-state index >= 15 is 0 Å². The molecule has 4 rings (SSSR count). The van der Waals surface area contributed by atoms with E-state index in [4.69, 9.17) is 18.6 Å².